The molecule has 2 aromatic rings. The van der Waals surface area contributed by atoms with Gasteiger partial charge in [-0.1, -0.05) is 29.8 Å². The van der Waals surface area contributed by atoms with Crippen LogP contribution < -0.4 is 5.32 Å². The third-order valence-electron chi connectivity index (χ3n) is 3.59. The molecule has 0 saturated heterocycles. The van der Waals surface area contributed by atoms with Gasteiger partial charge in [0.15, 0.2) is 0 Å². The quantitative estimate of drug-likeness (QED) is 0.756. The van der Waals surface area contributed by atoms with Crippen LogP contribution in [0.15, 0.2) is 42.5 Å². The van der Waals surface area contributed by atoms with Gasteiger partial charge in [0, 0.05) is 5.69 Å². The van der Waals surface area contributed by atoms with Crippen LogP contribution >= 0.6 is 11.8 Å². The molecule has 0 aliphatic carbocycles. The van der Waals surface area contributed by atoms with E-state index in [0.29, 0.717) is 5.56 Å². The van der Waals surface area contributed by atoms with E-state index in [9.17, 15) is 9.59 Å². The summed E-state index contributed by atoms with van der Waals surface area (Å²) in [5, 5.41) is 11.6. The van der Waals surface area contributed by atoms with E-state index in [1.54, 1.807) is 24.3 Å². The molecule has 0 heterocycles. The van der Waals surface area contributed by atoms with Crippen LogP contribution in [0.3, 0.4) is 0 Å². The zero-order valence-electron chi connectivity index (χ0n) is 14.7. The number of rotatable bonds is 7. The van der Waals surface area contributed by atoms with Gasteiger partial charge < -0.3 is 10.1 Å². The Kier molecular flexibility index (Phi) is 7.24. The monoisotopic (exact) mass is 368 g/mol. The van der Waals surface area contributed by atoms with E-state index >= 15 is 0 Å². The van der Waals surface area contributed by atoms with Crippen molar-refractivity contribution in [2.75, 3.05) is 16.8 Å². The van der Waals surface area contributed by atoms with Crippen molar-refractivity contribution in [3.05, 3.63) is 64.7 Å². The van der Waals surface area contributed by atoms with Crippen molar-refractivity contribution in [3.63, 3.8) is 0 Å². The molecular formula is C20H20N2O3S. The van der Waals surface area contributed by atoms with Crippen LogP contribution in [0.1, 0.15) is 22.3 Å². The molecule has 0 aromatic heterocycles. The van der Waals surface area contributed by atoms with Gasteiger partial charge in [-0.25, -0.2) is 0 Å². The molecule has 134 valence electrons. The van der Waals surface area contributed by atoms with Gasteiger partial charge in [-0.3, -0.25) is 9.59 Å². The highest BCUT2D eigenvalue weighted by atomic mass is 32.2. The van der Waals surface area contributed by atoms with E-state index in [0.717, 1.165) is 22.4 Å². The minimum absolute atomic E-state index is 0.108. The molecule has 0 aliphatic rings. The lowest BCUT2D eigenvalue weighted by molar-refractivity contribution is -0.141. The van der Waals surface area contributed by atoms with Crippen molar-refractivity contribution in [1.82, 2.24) is 0 Å². The number of nitrogens with zero attached hydrogens (tertiary/aromatic N) is 1. The maximum absolute atomic E-state index is 12.0. The summed E-state index contributed by atoms with van der Waals surface area (Å²) in [5.74, 6) is -0.240. The molecule has 0 atom stereocenters. The molecular weight excluding hydrogens is 348 g/mol. The summed E-state index contributed by atoms with van der Waals surface area (Å²) in [5.41, 5.74) is 4.30. The number of thioether (sulfide) groups is 1. The van der Waals surface area contributed by atoms with Gasteiger partial charge in [-0.15, -0.1) is 11.8 Å². The Morgan fingerprint density at radius 1 is 1.12 bits per heavy atom. The Hall–Kier alpha value is -2.78. The van der Waals surface area contributed by atoms with E-state index in [1.165, 1.54) is 11.8 Å². The van der Waals surface area contributed by atoms with Crippen molar-refractivity contribution in [2.45, 2.75) is 20.5 Å². The van der Waals surface area contributed by atoms with Gasteiger partial charge in [-0.2, -0.15) is 5.26 Å². The average Bonchev–Trinajstić information content (AvgIpc) is 2.63. The molecule has 0 fully saturated rings. The first-order valence-corrected chi connectivity index (χ1v) is 9.23. The predicted octanol–water partition coefficient (Wildman–Crippen LogP) is 3.59. The molecule has 1 amide bonds. The summed E-state index contributed by atoms with van der Waals surface area (Å²) in [7, 11) is 0. The maximum Gasteiger partial charge on any atom is 0.316 e. The molecule has 2 aromatic carbocycles. The Labute approximate surface area is 157 Å². The van der Waals surface area contributed by atoms with E-state index < -0.39 is 0 Å². The lowest BCUT2D eigenvalue weighted by Gasteiger charge is -2.09. The first kappa shape index (κ1) is 19.5. The number of hydrogen-bond acceptors (Lipinski definition) is 5. The third-order valence-corrected chi connectivity index (χ3v) is 4.50. The van der Waals surface area contributed by atoms with Gasteiger partial charge in [0.25, 0.3) is 0 Å². The summed E-state index contributed by atoms with van der Waals surface area (Å²) in [6, 6.07) is 14.7. The second-order valence-corrected chi connectivity index (χ2v) is 6.81. The number of hydrogen-bond donors (Lipinski definition) is 1. The number of anilines is 1. The zero-order chi connectivity index (χ0) is 18.9. The average molecular weight is 368 g/mol. The van der Waals surface area contributed by atoms with Crippen LogP contribution in [0.2, 0.25) is 0 Å². The second kappa shape index (κ2) is 9.64. The summed E-state index contributed by atoms with van der Waals surface area (Å²) >= 11 is 1.21. The molecule has 5 nitrogen and oxygen atoms in total. The van der Waals surface area contributed by atoms with Crippen molar-refractivity contribution in [2.24, 2.45) is 0 Å². The van der Waals surface area contributed by atoms with Gasteiger partial charge in [-0.05, 0) is 43.2 Å². The molecule has 26 heavy (non-hydrogen) atoms. The number of carbonyl (C=O) groups excluding carboxylic acids is 2. The van der Waals surface area contributed by atoms with Crippen LogP contribution in [0, 0.1) is 25.2 Å². The number of carbonyl (C=O) groups is 2. The highest BCUT2D eigenvalue weighted by Gasteiger charge is 2.08. The minimum Gasteiger partial charge on any atom is -0.460 e. The fourth-order valence-electron chi connectivity index (χ4n) is 2.25. The normalized spacial score (nSPS) is 10.0. The van der Waals surface area contributed by atoms with Gasteiger partial charge in [0.2, 0.25) is 5.91 Å². The van der Waals surface area contributed by atoms with Gasteiger partial charge >= 0.3 is 5.97 Å². The van der Waals surface area contributed by atoms with Crippen molar-refractivity contribution >= 4 is 29.3 Å². The Morgan fingerprint density at radius 3 is 2.50 bits per heavy atom. The Bertz CT molecular complexity index is 826. The van der Waals surface area contributed by atoms with Gasteiger partial charge in [0.05, 0.1) is 23.1 Å². The third kappa shape index (κ3) is 6.26. The summed E-state index contributed by atoms with van der Waals surface area (Å²) in [6.07, 6.45) is 0. The maximum atomic E-state index is 12.0. The highest BCUT2D eigenvalue weighted by molar-refractivity contribution is 8.00. The first-order valence-electron chi connectivity index (χ1n) is 8.07. The largest absolute Gasteiger partial charge is 0.460 e. The van der Waals surface area contributed by atoms with Crippen LogP contribution in [0.25, 0.3) is 0 Å². The zero-order valence-corrected chi connectivity index (χ0v) is 15.6. The van der Waals surface area contributed by atoms with Crippen molar-refractivity contribution in [3.8, 4) is 6.07 Å². The van der Waals surface area contributed by atoms with Crippen LogP contribution in [0.5, 0.6) is 0 Å². The summed E-state index contributed by atoms with van der Waals surface area (Å²) < 4.78 is 5.16. The van der Waals surface area contributed by atoms with Gasteiger partial charge in [0.1, 0.15) is 6.61 Å². The SMILES string of the molecule is Cc1ccc(NC(=O)CSCC(=O)OCc2ccc(C#N)cc2)c(C)c1. The predicted molar refractivity (Wildman–Crippen MR) is 103 cm³/mol. The lowest BCUT2D eigenvalue weighted by Crippen LogP contribution is -2.16. The van der Waals surface area contributed by atoms with Crippen LogP contribution in [-0.2, 0) is 20.9 Å². The Morgan fingerprint density at radius 2 is 1.85 bits per heavy atom. The number of amides is 1. The Balaban J connectivity index is 1.68. The lowest BCUT2D eigenvalue weighted by atomic mass is 10.1. The molecule has 6 heteroatoms. The molecule has 0 saturated carbocycles. The van der Waals surface area contributed by atoms with E-state index in [4.69, 9.17) is 10.00 Å². The molecule has 0 aliphatic heterocycles. The number of benzene rings is 2. The summed E-state index contributed by atoms with van der Waals surface area (Å²) in [4.78, 5) is 23.7. The number of esters is 1. The van der Waals surface area contributed by atoms with Crippen molar-refractivity contribution < 1.29 is 14.3 Å². The molecule has 0 radical (unpaired) electrons. The molecule has 0 unspecified atom stereocenters. The fraction of sp³-hybridized carbons (Fsp3) is 0.250. The molecule has 0 bridgehead atoms. The summed E-state index contributed by atoms with van der Waals surface area (Å²) in [6.45, 7) is 4.09. The van der Waals surface area contributed by atoms with Crippen LogP contribution in [-0.4, -0.2) is 23.4 Å². The fourth-order valence-corrected chi connectivity index (χ4v) is 2.86. The molecule has 1 N–H and O–H groups in total. The number of aryl methyl sites for hydroxylation is 2. The molecule has 2 rings (SSSR count). The van der Waals surface area contributed by atoms with Crippen molar-refractivity contribution in [1.29, 1.82) is 5.26 Å². The van der Waals surface area contributed by atoms with E-state index in [1.807, 2.05) is 38.1 Å². The topological polar surface area (TPSA) is 79.2 Å². The highest BCUT2D eigenvalue weighted by Crippen LogP contribution is 2.16. The number of ether oxygens (including phenoxy) is 1. The van der Waals surface area contributed by atoms with E-state index in [2.05, 4.69) is 5.32 Å². The van der Waals surface area contributed by atoms with E-state index in [-0.39, 0.29) is 30.0 Å². The standard InChI is InChI=1S/C20H20N2O3S/c1-14-3-8-18(15(2)9-14)22-19(23)12-26-13-20(24)25-11-17-6-4-16(10-21)5-7-17/h3-9H,11-13H2,1-2H3,(H,22,23). The second-order valence-electron chi connectivity index (χ2n) is 5.83. The number of nitriles is 1. The van der Waals surface area contributed by atoms with Crippen LogP contribution in [0.4, 0.5) is 5.69 Å². The smallest absolute Gasteiger partial charge is 0.316 e. The minimum atomic E-state index is -0.376. The number of nitrogens with one attached hydrogen (secondary N) is 1. The molecule has 0 spiro atoms. The first-order chi connectivity index (χ1) is 12.5.